The van der Waals surface area contributed by atoms with Crippen LogP contribution in [0, 0.1) is 0 Å². The second-order valence-corrected chi connectivity index (χ2v) is 5.36. The van der Waals surface area contributed by atoms with Crippen LogP contribution in [0.15, 0.2) is 59.3 Å². The highest BCUT2D eigenvalue weighted by atomic mass is 16.6. The van der Waals surface area contributed by atoms with E-state index in [9.17, 15) is 0 Å². The summed E-state index contributed by atoms with van der Waals surface area (Å²) in [5.74, 6) is 0.738. The first kappa shape index (κ1) is 15.3. The fraction of sp³-hybridized carbons (Fsp3) is 0.211. The molecule has 0 saturated carbocycles. The van der Waals surface area contributed by atoms with Gasteiger partial charge < -0.3 is 14.7 Å². The molecule has 0 unspecified atom stereocenters. The van der Waals surface area contributed by atoms with E-state index in [1.54, 1.807) is 7.11 Å². The summed E-state index contributed by atoms with van der Waals surface area (Å²) in [4.78, 5) is 4.97. The first-order chi connectivity index (χ1) is 11.3. The molecule has 0 atom stereocenters. The Bertz CT molecular complexity index is 733. The molecule has 0 bridgehead atoms. The van der Waals surface area contributed by atoms with Gasteiger partial charge in [-0.05, 0) is 40.5 Å². The van der Waals surface area contributed by atoms with E-state index in [1.807, 2.05) is 36.4 Å². The molecule has 4 nitrogen and oxygen atoms in total. The number of hydrogen-bond acceptors (Lipinski definition) is 4. The van der Waals surface area contributed by atoms with Gasteiger partial charge in [0.2, 0.25) is 0 Å². The lowest BCUT2D eigenvalue weighted by molar-refractivity contribution is 0.210. The molecular formula is C19H19NO3. The SMILES string of the molecule is CO/N=C(/COc1ccc(CO)cc1)C1=Cc2ccccc2C1. The van der Waals surface area contributed by atoms with Crippen molar-refractivity contribution in [3.05, 3.63) is 70.8 Å². The van der Waals surface area contributed by atoms with Gasteiger partial charge in [0.15, 0.2) is 0 Å². The van der Waals surface area contributed by atoms with E-state index >= 15 is 0 Å². The minimum absolute atomic E-state index is 0.0296. The minimum atomic E-state index is 0.0296. The number of rotatable bonds is 6. The molecular weight excluding hydrogens is 290 g/mol. The van der Waals surface area contributed by atoms with Crippen molar-refractivity contribution in [1.82, 2.24) is 0 Å². The van der Waals surface area contributed by atoms with Crippen molar-refractivity contribution in [2.75, 3.05) is 13.7 Å². The molecule has 0 aliphatic heterocycles. The Morgan fingerprint density at radius 2 is 1.91 bits per heavy atom. The van der Waals surface area contributed by atoms with E-state index in [-0.39, 0.29) is 6.61 Å². The summed E-state index contributed by atoms with van der Waals surface area (Å²) in [5, 5.41) is 13.2. The van der Waals surface area contributed by atoms with Crippen LogP contribution in [0.1, 0.15) is 16.7 Å². The summed E-state index contributed by atoms with van der Waals surface area (Å²) < 4.78 is 5.80. The first-order valence-electron chi connectivity index (χ1n) is 7.51. The highest BCUT2D eigenvalue weighted by Gasteiger charge is 2.17. The second kappa shape index (κ2) is 7.11. The van der Waals surface area contributed by atoms with Crippen LogP contribution >= 0.6 is 0 Å². The van der Waals surface area contributed by atoms with Crippen molar-refractivity contribution in [3.8, 4) is 5.75 Å². The highest BCUT2D eigenvalue weighted by Crippen LogP contribution is 2.26. The smallest absolute Gasteiger partial charge is 0.134 e. The van der Waals surface area contributed by atoms with Crippen molar-refractivity contribution in [2.45, 2.75) is 13.0 Å². The maximum atomic E-state index is 9.06. The summed E-state index contributed by atoms with van der Waals surface area (Å²) in [6.07, 6.45) is 2.97. The van der Waals surface area contributed by atoms with Gasteiger partial charge in [0, 0.05) is 6.42 Å². The number of aliphatic hydroxyl groups excluding tert-OH is 1. The van der Waals surface area contributed by atoms with Crippen LogP contribution < -0.4 is 4.74 Å². The largest absolute Gasteiger partial charge is 0.487 e. The molecule has 1 aliphatic rings. The number of fused-ring (bicyclic) bond motifs is 1. The minimum Gasteiger partial charge on any atom is -0.487 e. The molecule has 0 spiro atoms. The molecule has 3 rings (SSSR count). The molecule has 23 heavy (non-hydrogen) atoms. The Hall–Kier alpha value is -2.59. The van der Waals surface area contributed by atoms with Crippen molar-refractivity contribution >= 4 is 11.8 Å². The highest BCUT2D eigenvalue weighted by molar-refractivity contribution is 6.06. The van der Waals surface area contributed by atoms with Gasteiger partial charge in [-0.25, -0.2) is 0 Å². The van der Waals surface area contributed by atoms with Gasteiger partial charge in [-0.1, -0.05) is 41.6 Å². The molecule has 118 valence electrons. The van der Waals surface area contributed by atoms with E-state index in [1.165, 1.54) is 11.1 Å². The van der Waals surface area contributed by atoms with Crippen LogP contribution in [0.5, 0.6) is 5.75 Å². The van der Waals surface area contributed by atoms with Gasteiger partial charge in [-0.15, -0.1) is 0 Å². The summed E-state index contributed by atoms with van der Waals surface area (Å²) in [6.45, 7) is 0.369. The average Bonchev–Trinajstić information content (AvgIpc) is 3.03. The van der Waals surface area contributed by atoms with Crippen molar-refractivity contribution < 1.29 is 14.7 Å². The van der Waals surface area contributed by atoms with Gasteiger partial charge in [-0.2, -0.15) is 0 Å². The van der Waals surface area contributed by atoms with Gasteiger partial charge in [0.1, 0.15) is 25.2 Å². The summed E-state index contributed by atoms with van der Waals surface area (Å²) >= 11 is 0. The fourth-order valence-electron chi connectivity index (χ4n) is 2.60. The number of aliphatic hydroxyl groups is 1. The lowest BCUT2D eigenvalue weighted by Gasteiger charge is -2.10. The van der Waals surface area contributed by atoms with Crippen LogP contribution in [-0.2, 0) is 17.9 Å². The maximum Gasteiger partial charge on any atom is 0.134 e. The van der Waals surface area contributed by atoms with Gasteiger partial charge in [0.25, 0.3) is 0 Å². The number of ether oxygens (including phenoxy) is 1. The number of benzene rings is 2. The number of oxime groups is 1. The Balaban J connectivity index is 1.70. The predicted molar refractivity (Wildman–Crippen MR) is 90.4 cm³/mol. The number of nitrogens with zero attached hydrogens (tertiary/aromatic N) is 1. The Morgan fingerprint density at radius 1 is 1.13 bits per heavy atom. The third kappa shape index (κ3) is 3.60. The zero-order valence-electron chi connectivity index (χ0n) is 13.0. The Labute approximate surface area is 135 Å². The summed E-state index contributed by atoms with van der Waals surface area (Å²) in [6, 6.07) is 15.7. The monoisotopic (exact) mass is 309 g/mol. The van der Waals surface area contributed by atoms with Gasteiger partial charge >= 0.3 is 0 Å². The van der Waals surface area contributed by atoms with Gasteiger partial charge in [-0.3, -0.25) is 0 Å². The molecule has 2 aromatic carbocycles. The lowest BCUT2D eigenvalue weighted by atomic mass is 10.1. The van der Waals surface area contributed by atoms with E-state index in [0.717, 1.165) is 29.0 Å². The second-order valence-electron chi connectivity index (χ2n) is 5.36. The Kier molecular flexibility index (Phi) is 4.74. The van der Waals surface area contributed by atoms with Crippen molar-refractivity contribution in [3.63, 3.8) is 0 Å². The van der Waals surface area contributed by atoms with Crippen molar-refractivity contribution in [2.24, 2.45) is 5.16 Å². The first-order valence-corrected chi connectivity index (χ1v) is 7.51. The number of hydrogen-bond donors (Lipinski definition) is 1. The molecule has 0 aromatic heterocycles. The summed E-state index contributed by atoms with van der Waals surface area (Å²) in [7, 11) is 1.54. The molecule has 0 amide bonds. The lowest BCUT2D eigenvalue weighted by Crippen LogP contribution is -2.15. The van der Waals surface area contributed by atoms with Crippen LogP contribution in [0.3, 0.4) is 0 Å². The quantitative estimate of drug-likeness (QED) is 0.658. The van der Waals surface area contributed by atoms with Crippen LogP contribution in [0.2, 0.25) is 0 Å². The summed E-state index contributed by atoms with van der Waals surface area (Å²) in [5.41, 5.74) is 5.27. The van der Waals surface area contributed by atoms with E-state index < -0.39 is 0 Å². The van der Waals surface area contributed by atoms with Crippen LogP contribution in [0.25, 0.3) is 6.08 Å². The normalized spacial score (nSPS) is 13.5. The molecule has 0 heterocycles. The van der Waals surface area contributed by atoms with Crippen LogP contribution in [-0.4, -0.2) is 24.5 Å². The molecule has 1 N–H and O–H groups in total. The fourth-order valence-corrected chi connectivity index (χ4v) is 2.60. The molecule has 4 heteroatoms. The third-order valence-corrected chi connectivity index (χ3v) is 3.82. The molecule has 0 saturated heterocycles. The van der Waals surface area contributed by atoms with Crippen LogP contribution in [0.4, 0.5) is 0 Å². The third-order valence-electron chi connectivity index (χ3n) is 3.82. The topological polar surface area (TPSA) is 51.0 Å². The maximum absolute atomic E-state index is 9.06. The molecule has 1 aliphatic carbocycles. The van der Waals surface area contributed by atoms with Gasteiger partial charge in [0.05, 0.1) is 6.61 Å². The van der Waals surface area contributed by atoms with E-state index in [0.29, 0.717) is 6.61 Å². The Morgan fingerprint density at radius 3 is 2.61 bits per heavy atom. The molecule has 0 radical (unpaired) electrons. The van der Waals surface area contributed by atoms with Crippen molar-refractivity contribution in [1.29, 1.82) is 0 Å². The standard InChI is InChI=1S/C19H19NO3/c1-22-20-19(13-23-18-8-6-14(12-21)7-9-18)17-10-15-4-2-3-5-16(15)11-17/h2-10,21H,11-13H2,1H3/b20-19-. The molecule has 0 fully saturated rings. The van der Waals surface area contributed by atoms with E-state index in [4.69, 9.17) is 14.7 Å². The molecule has 2 aromatic rings. The average molecular weight is 309 g/mol. The van der Waals surface area contributed by atoms with E-state index in [2.05, 4.69) is 23.4 Å². The zero-order valence-corrected chi connectivity index (χ0v) is 13.0. The zero-order chi connectivity index (χ0) is 16.1. The predicted octanol–water partition coefficient (Wildman–Crippen LogP) is 3.20.